The summed E-state index contributed by atoms with van der Waals surface area (Å²) in [6, 6.07) is 13.4. The van der Waals surface area contributed by atoms with Crippen LogP contribution in [0, 0.1) is 11.3 Å². The van der Waals surface area contributed by atoms with Gasteiger partial charge in [0.15, 0.2) is 0 Å². The van der Waals surface area contributed by atoms with Gasteiger partial charge in [0, 0.05) is 13.1 Å². The summed E-state index contributed by atoms with van der Waals surface area (Å²) in [7, 11) is 0. The van der Waals surface area contributed by atoms with E-state index in [4.69, 9.17) is 22.6 Å². The number of carboxylic acid groups (broad SMARTS) is 1. The molecule has 2 aromatic carbocycles. The van der Waals surface area contributed by atoms with Gasteiger partial charge in [0.2, 0.25) is 0 Å². The van der Waals surface area contributed by atoms with Crippen molar-refractivity contribution in [3.05, 3.63) is 58.6 Å². The van der Waals surface area contributed by atoms with Gasteiger partial charge in [0.05, 0.1) is 40.6 Å². The van der Waals surface area contributed by atoms with E-state index in [1.165, 1.54) is 6.07 Å². The second-order valence-electron chi connectivity index (χ2n) is 6.72. The minimum atomic E-state index is -1.41. The quantitative estimate of drug-likeness (QED) is 0.756. The molecule has 6 nitrogen and oxygen atoms in total. The average molecular weight is 403 g/mol. The number of carbonyl (C=O) groups is 1. The third kappa shape index (κ3) is 4.12. The molecule has 2 atom stereocenters. The number of hydrogen-bond donors (Lipinski definition) is 2. The number of rotatable bonds is 4. The highest BCUT2D eigenvalue weighted by molar-refractivity contribution is 6.35. The largest absolute Gasteiger partial charge is 0.465 e. The number of nitrogen functional groups attached to an aromatic ring is 1. The third-order valence-electron chi connectivity index (χ3n) is 4.90. The van der Waals surface area contributed by atoms with Gasteiger partial charge in [-0.1, -0.05) is 41.9 Å². The molecule has 1 aliphatic heterocycles. The van der Waals surface area contributed by atoms with E-state index in [9.17, 15) is 9.90 Å². The van der Waals surface area contributed by atoms with Crippen LogP contribution in [0.1, 0.15) is 17.5 Å². The van der Waals surface area contributed by atoms with Crippen molar-refractivity contribution in [2.75, 3.05) is 23.7 Å². The molecule has 0 unspecified atom stereocenters. The summed E-state index contributed by atoms with van der Waals surface area (Å²) in [5, 5.41) is 19.0. The average Bonchev–Trinajstić information content (AvgIpc) is 2.69. The number of nitriles is 1. The first-order valence-electron chi connectivity index (χ1n) is 8.82. The highest BCUT2D eigenvalue weighted by Gasteiger charge is 2.36. The van der Waals surface area contributed by atoms with E-state index in [-0.39, 0.29) is 23.8 Å². The number of piperidine rings is 1. The predicted molar refractivity (Wildman–Crippen MR) is 106 cm³/mol. The van der Waals surface area contributed by atoms with Crippen molar-refractivity contribution < 1.29 is 14.3 Å². The van der Waals surface area contributed by atoms with Gasteiger partial charge in [-0.25, -0.2) is 9.18 Å². The zero-order valence-electron chi connectivity index (χ0n) is 15.1. The zero-order valence-corrected chi connectivity index (χ0v) is 15.8. The molecule has 146 valence electrons. The molecule has 0 bridgehead atoms. The van der Waals surface area contributed by atoms with Gasteiger partial charge in [-0.3, -0.25) is 4.90 Å². The Morgan fingerprint density at radius 3 is 2.71 bits per heavy atom. The topological polar surface area (TPSA) is 93.6 Å². The van der Waals surface area contributed by atoms with Crippen molar-refractivity contribution in [1.82, 2.24) is 4.90 Å². The second-order valence-corrected chi connectivity index (χ2v) is 7.10. The maximum absolute atomic E-state index is 15.0. The van der Waals surface area contributed by atoms with Crippen LogP contribution in [0.4, 0.5) is 20.6 Å². The van der Waals surface area contributed by atoms with Gasteiger partial charge in [-0.2, -0.15) is 5.26 Å². The van der Waals surface area contributed by atoms with Crippen LogP contribution in [0.5, 0.6) is 0 Å². The Labute approximate surface area is 167 Å². The second kappa shape index (κ2) is 8.36. The van der Waals surface area contributed by atoms with Crippen LogP contribution in [0.2, 0.25) is 5.02 Å². The molecule has 2 aromatic rings. The van der Waals surface area contributed by atoms with Gasteiger partial charge < -0.3 is 15.7 Å². The Bertz CT molecular complexity index is 903. The lowest BCUT2D eigenvalue weighted by Crippen LogP contribution is -2.53. The first-order chi connectivity index (χ1) is 13.4. The molecule has 1 aliphatic rings. The molecule has 8 heteroatoms. The first-order valence-corrected chi connectivity index (χ1v) is 9.20. The molecule has 3 N–H and O–H groups in total. The van der Waals surface area contributed by atoms with E-state index in [0.29, 0.717) is 24.2 Å². The minimum Gasteiger partial charge on any atom is -0.465 e. The van der Waals surface area contributed by atoms with Crippen LogP contribution in [-0.4, -0.2) is 41.4 Å². The number of nitrogens with two attached hydrogens (primary N) is 1. The number of hydrogen-bond acceptors (Lipinski definition) is 4. The predicted octanol–water partition coefficient (Wildman–Crippen LogP) is 3.89. The molecule has 0 saturated carbocycles. The smallest absolute Gasteiger partial charge is 0.407 e. The monoisotopic (exact) mass is 402 g/mol. The Morgan fingerprint density at radius 2 is 2.11 bits per heavy atom. The molecule has 1 amide bonds. The zero-order chi connectivity index (χ0) is 20.3. The van der Waals surface area contributed by atoms with Gasteiger partial charge in [-0.05, 0) is 24.1 Å². The molecule has 0 aromatic heterocycles. The van der Waals surface area contributed by atoms with Crippen molar-refractivity contribution in [3.63, 3.8) is 0 Å². The van der Waals surface area contributed by atoms with Crippen LogP contribution in [0.15, 0.2) is 42.5 Å². The molecular formula is C20H20ClFN4O2. The molecule has 1 fully saturated rings. The molecule has 0 radical (unpaired) electrons. The first kappa shape index (κ1) is 19.8. The molecule has 0 spiro atoms. The van der Waals surface area contributed by atoms with Crippen molar-refractivity contribution in [1.29, 1.82) is 5.26 Å². The third-order valence-corrected chi connectivity index (χ3v) is 5.31. The summed E-state index contributed by atoms with van der Waals surface area (Å²) >= 11 is 6.26. The number of nitrogens with zero attached hydrogens (tertiary/aromatic N) is 3. The fraction of sp³-hybridized carbons (Fsp3) is 0.300. The number of halogens is 2. The number of anilines is 2. The lowest BCUT2D eigenvalue weighted by Gasteiger charge is -2.40. The van der Waals surface area contributed by atoms with Crippen LogP contribution in [0.25, 0.3) is 0 Å². The Hall–Kier alpha value is -2.98. The van der Waals surface area contributed by atoms with Crippen LogP contribution in [-0.2, 0) is 6.54 Å². The maximum Gasteiger partial charge on any atom is 0.407 e. The van der Waals surface area contributed by atoms with Gasteiger partial charge in [-0.15, -0.1) is 0 Å². The number of alkyl halides is 1. The molecule has 0 aliphatic carbocycles. The Kier molecular flexibility index (Phi) is 5.90. The van der Waals surface area contributed by atoms with E-state index in [1.807, 2.05) is 36.4 Å². The molecule has 28 heavy (non-hydrogen) atoms. The summed E-state index contributed by atoms with van der Waals surface area (Å²) in [4.78, 5) is 14.6. The highest BCUT2D eigenvalue weighted by Crippen LogP contribution is 2.35. The fourth-order valence-electron chi connectivity index (χ4n) is 3.49. The van der Waals surface area contributed by atoms with Crippen LogP contribution < -0.4 is 10.6 Å². The van der Waals surface area contributed by atoms with Crippen LogP contribution in [0.3, 0.4) is 0 Å². The molecular weight excluding hydrogens is 383 g/mol. The van der Waals surface area contributed by atoms with Crippen molar-refractivity contribution in [2.24, 2.45) is 0 Å². The summed E-state index contributed by atoms with van der Waals surface area (Å²) in [6.07, 6.45) is -2.26. The lowest BCUT2D eigenvalue weighted by molar-refractivity contribution is 0.0751. The van der Waals surface area contributed by atoms with Crippen molar-refractivity contribution >= 4 is 29.1 Å². The normalized spacial score (nSPS) is 19.1. The van der Waals surface area contributed by atoms with E-state index < -0.39 is 18.3 Å². The number of amides is 1. The van der Waals surface area contributed by atoms with E-state index in [0.717, 1.165) is 10.5 Å². The fourth-order valence-corrected chi connectivity index (χ4v) is 3.72. The lowest BCUT2D eigenvalue weighted by atomic mass is 9.99. The highest BCUT2D eigenvalue weighted by atomic mass is 35.5. The summed E-state index contributed by atoms with van der Waals surface area (Å²) in [6.45, 7) is 0.494. The molecule has 1 heterocycles. The number of benzene rings is 2. The van der Waals surface area contributed by atoms with E-state index >= 15 is 4.39 Å². The van der Waals surface area contributed by atoms with Gasteiger partial charge >= 0.3 is 6.09 Å². The van der Waals surface area contributed by atoms with Gasteiger partial charge in [0.25, 0.3) is 0 Å². The Morgan fingerprint density at radius 1 is 1.39 bits per heavy atom. The van der Waals surface area contributed by atoms with E-state index in [2.05, 4.69) is 0 Å². The van der Waals surface area contributed by atoms with Crippen molar-refractivity contribution in [2.45, 2.75) is 25.2 Å². The Balaban J connectivity index is 1.78. The molecule has 3 rings (SSSR count). The minimum absolute atomic E-state index is 0.0305. The van der Waals surface area contributed by atoms with E-state index in [1.54, 1.807) is 11.0 Å². The van der Waals surface area contributed by atoms with Crippen LogP contribution >= 0.6 is 11.6 Å². The van der Waals surface area contributed by atoms with Gasteiger partial charge in [0.1, 0.15) is 6.17 Å². The summed E-state index contributed by atoms with van der Waals surface area (Å²) in [5.74, 6) is 0. The summed E-state index contributed by atoms with van der Waals surface area (Å²) in [5.41, 5.74) is 7.74. The molecule has 1 saturated heterocycles. The standard InChI is InChI=1S/C20H20ClFN4O2/c21-19-16(24)8-14(10-23)9-18(19)25-7-6-17(15(22)12-25)26(20(27)28)11-13-4-2-1-3-5-13/h1-5,8-9,15,17H,6-7,11-12,24H2,(H,27,28)/t15-,17+/m1/s1. The maximum atomic E-state index is 15.0. The SMILES string of the molecule is N#Cc1cc(N)c(Cl)c(N2CC[C@H](N(Cc3ccccc3)C(=O)O)[C@H](F)C2)c1. The van der Waals surface area contributed by atoms with Crippen molar-refractivity contribution in [3.8, 4) is 6.07 Å². The summed E-state index contributed by atoms with van der Waals surface area (Å²) < 4.78 is 15.0.